The molecule has 150 valence electrons. The maximum atomic E-state index is 12.9. The summed E-state index contributed by atoms with van der Waals surface area (Å²) in [5, 5.41) is 10.6. The van der Waals surface area contributed by atoms with Crippen molar-refractivity contribution >= 4 is 17.3 Å². The van der Waals surface area contributed by atoms with Crippen LogP contribution >= 0.6 is 0 Å². The highest BCUT2D eigenvalue weighted by atomic mass is 16.3. The molecule has 1 amide bonds. The van der Waals surface area contributed by atoms with Gasteiger partial charge in [0.25, 0.3) is 0 Å². The first-order valence-corrected chi connectivity index (χ1v) is 10.3. The van der Waals surface area contributed by atoms with Gasteiger partial charge in [0, 0.05) is 31.3 Å². The van der Waals surface area contributed by atoms with Gasteiger partial charge in [-0.05, 0) is 48.4 Å². The third kappa shape index (κ3) is 4.30. The van der Waals surface area contributed by atoms with Crippen molar-refractivity contribution < 1.29 is 14.7 Å². The highest BCUT2D eigenvalue weighted by Gasteiger charge is 2.31. The van der Waals surface area contributed by atoms with E-state index in [9.17, 15) is 14.7 Å². The van der Waals surface area contributed by atoms with E-state index in [0.29, 0.717) is 37.2 Å². The number of rotatable bonds is 5. The van der Waals surface area contributed by atoms with Gasteiger partial charge in [-0.2, -0.15) is 0 Å². The van der Waals surface area contributed by atoms with Gasteiger partial charge < -0.3 is 10.0 Å². The molecule has 1 aliphatic carbocycles. The van der Waals surface area contributed by atoms with E-state index in [1.165, 1.54) is 0 Å². The number of ketones is 1. The molecule has 5 heteroatoms. The molecule has 4 rings (SSSR count). The Labute approximate surface area is 171 Å². The number of carbonyl (C=O) groups is 2. The van der Waals surface area contributed by atoms with Crippen molar-refractivity contribution in [3.8, 4) is 0 Å². The molecule has 2 heterocycles. The van der Waals surface area contributed by atoms with Gasteiger partial charge >= 0.3 is 0 Å². The third-order valence-electron chi connectivity index (χ3n) is 6.08. The summed E-state index contributed by atoms with van der Waals surface area (Å²) in [6, 6.07) is 15.4. The first-order chi connectivity index (χ1) is 14.1. The Morgan fingerprint density at radius 3 is 2.48 bits per heavy atom. The Morgan fingerprint density at radius 1 is 1.07 bits per heavy atom. The fraction of sp³-hybridized carbons (Fsp3) is 0.375. The Morgan fingerprint density at radius 2 is 1.79 bits per heavy atom. The summed E-state index contributed by atoms with van der Waals surface area (Å²) in [6.45, 7) is 1.21. The molecule has 1 atom stereocenters. The van der Waals surface area contributed by atoms with Crippen LogP contribution in [-0.4, -0.2) is 39.8 Å². The third-order valence-corrected chi connectivity index (χ3v) is 6.08. The van der Waals surface area contributed by atoms with Crippen molar-refractivity contribution in [2.24, 2.45) is 5.92 Å². The van der Waals surface area contributed by atoms with Gasteiger partial charge in [-0.15, -0.1) is 0 Å². The van der Waals surface area contributed by atoms with Crippen LogP contribution in [0.25, 0.3) is 5.57 Å². The molecule has 0 radical (unpaired) electrons. The monoisotopic (exact) mass is 390 g/mol. The Hall–Kier alpha value is -2.79. The van der Waals surface area contributed by atoms with E-state index in [2.05, 4.69) is 4.98 Å². The number of aliphatic hydroxyl groups excluding tert-OH is 1. The molecule has 1 saturated heterocycles. The first-order valence-electron chi connectivity index (χ1n) is 10.3. The molecule has 1 N–H and O–H groups in total. The molecule has 1 aromatic heterocycles. The molecule has 1 unspecified atom stereocenters. The smallest absolute Gasteiger partial charge is 0.227 e. The number of allylic oxidation sites excluding steroid dienone is 1. The second-order valence-electron chi connectivity index (χ2n) is 7.84. The van der Waals surface area contributed by atoms with E-state index in [1.54, 1.807) is 6.20 Å². The minimum absolute atomic E-state index is 0.00876. The Bertz CT molecular complexity index is 900. The van der Waals surface area contributed by atoms with Crippen LogP contribution in [0, 0.1) is 5.92 Å². The number of hydrogen-bond acceptors (Lipinski definition) is 4. The van der Waals surface area contributed by atoms with Crippen molar-refractivity contribution in [1.82, 2.24) is 9.88 Å². The van der Waals surface area contributed by atoms with Crippen LogP contribution in [0.15, 0.2) is 60.3 Å². The van der Waals surface area contributed by atoms with Crippen molar-refractivity contribution in [2.75, 3.05) is 13.1 Å². The van der Waals surface area contributed by atoms with E-state index >= 15 is 0 Å². The number of amides is 1. The number of nitrogens with zero attached hydrogens (tertiary/aromatic N) is 2. The van der Waals surface area contributed by atoms with Crippen LogP contribution in [0.5, 0.6) is 0 Å². The normalized spacial score (nSPS) is 18.9. The predicted octanol–water partition coefficient (Wildman–Crippen LogP) is 3.56. The number of likely N-dealkylation sites (tertiary alicyclic amines) is 1. The minimum atomic E-state index is -0.600. The highest BCUT2D eigenvalue weighted by molar-refractivity contribution is 6.10. The van der Waals surface area contributed by atoms with Crippen LogP contribution in [0.4, 0.5) is 0 Å². The molecule has 1 aliphatic heterocycles. The first kappa shape index (κ1) is 19.5. The summed E-state index contributed by atoms with van der Waals surface area (Å²) in [5.41, 5.74) is 3.42. The summed E-state index contributed by atoms with van der Waals surface area (Å²) in [6.07, 6.45) is 3.95. The Kier molecular flexibility index (Phi) is 5.86. The molecule has 2 aromatic rings. The fourth-order valence-corrected chi connectivity index (χ4v) is 4.39. The van der Waals surface area contributed by atoms with Crippen LogP contribution in [-0.2, 0) is 9.59 Å². The minimum Gasteiger partial charge on any atom is -0.387 e. The maximum Gasteiger partial charge on any atom is 0.227 e. The predicted molar refractivity (Wildman–Crippen MR) is 111 cm³/mol. The van der Waals surface area contributed by atoms with Crippen molar-refractivity contribution in [3.05, 3.63) is 71.6 Å². The molecule has 5 nitrogen and oxygen atoms in total. The molecule has 1 aromatic carbocycles. The largest absolute Gasteiger partial charge is 0.387 e. The zero-order chi connectivity index (χ0) is 20.2. The molecular weight excluding hydrogens is 364 g/mol. The average Bonchev–Trinajstić information content (AvgIpc) is 3.14. The van der Waals surface area contributed by atoms with E-state index < -0.39 is 6.10 Å². The number of hydrogen-bond donors (Lipinski definition) is 1. The van der Waals surface area contributed by atoms with Gasteiger partial charge in [0.05, 0.1) is 18.2 Å². The van der Waals surface area contributed by atoms with Crippen LogP contribution in [0.1, 0.15) is 49.5 Å². The second kappa shape index (κ2) is 8.70. The number of Topliss-reactive ketones (excluding diaryl/α,β-unsaturated/α-hetero) is 1. The average molecular weight is 390 g/mol. The van der Waals surface area contributed by atoms with E-state index in [0.717, 1.165) is 24.0 Å². The van der Waals surface area contributed by atoms with Crippen LogP contribution in [0.3, 0.4) is 0 Å². The number of carbonyl (C=O) groups excluding carboxylic acids is 2. The van der Waals surface area contributed by atoms with Crippen molar-refractivity contribution in [3.63, 3.8) is 0 Å². The van der Waals surface area contributed by atoms with E-state index in [1.807, 2.05) is 53.4 Å². The number of aliphatic hydroxyl groups is 1. The lowest BCUT2D eigenvalue weighted by molar-refractivity contribution is -0.133. The summed E-state index contributed by atoms with van der Waals surface area (Å²) < 4.78 is 0. The quantitative estimate of drug-likeness (QED) is 0.847. The lowest BCUT2D eigenvalue weighted by Crippen LogP contribution is -2.40. The zero-order valence-electron chi connectivity index (χ0n) is 16.5. The SMILES string of the molecule is O=C1CCC(c2ccccc2)=C1CC(=O)N1CCC(C(O)c2ccccn2)CC1. The van der Waals surface area contributed by atoms with E-state index in [-0.39, 0.29) is 24.0 Å². The number of pyridine rings is 1. The fourth-order valence-electron chi connectivity index (χ4n) is 4.39. The lowest BCUT2D eigenvalue weighted by Gasteiger charge is -2.34. The van der Waals surface area contributed by atoms with Gasteiger partial charge in [0.15, 0.2) is 5.78 Å². The van der Waals surface area contributed by atoms with Gasteiger partial charge in [-0.3, -0.25) is 14.6 Å². The standard InChI is InChI=1S/C24H26N2O3/c27-22-10-9-19(17-6-2-1-3-7-17)20(22)16-23(28)26-14-11-18(12-15-26)24(29)21-8-4-5-13-25-21/h1-8,13,18,24,29H,9-12,14-16H2. The van der Waals surface area contributed by atoms with E-state index in [4.69, 9.17) is 0 Å². The zero-order valence-corrected chi connectivity index (χ0v) is 16.5. The molecule has 29 heavy (non-hydrogen) atoms. The summed E-state index contributed by atoms with van der Waals surface area (Å²) in [5.74, 6) is 0.202. The highest BCUT2D eigenvalue weighted by Crippen LogP contribution is 2.35. The van der Waals surface area contributed by atoms with Gasteiger partial charge in [0.1, 0.15) is 0 Å². The second-order valence-corrected chi connectivity index (χ2v) is 7.84. The van der Waals surface area contributed by atoms with Crippen molar-refractivity contribution in [1.29, 1.82) is 0 Å². The summed E-state index contributed by atoms with van der Waals surface area (Å²) >= 11 is 0. The van der Waals surface area contributed by atoms with Crippen molar-refractivity contribution in [2.45, 2.75) is 38.2 Å². The molecule has 0 spiro atoms. The van der Waals surface area contributed by atoms with Gasteiger partial charge in [-0.25, -0.2) is 0 Å². The molecule has 1 fully saturated rings. The molecular formula is C24H26N2O3. The van der Waals surface area contributed by atoms with Crippen LogP contribution < -0.4 is 0 Å². The number of benzene rings is 1. The van der Waals surface area contributed by atoms with Gasteiger partial charge in [0.2, 0.25) is 5.91 Å². The Balaban J connectivity index is 1.39. The number of aromatic nitrogens is 1. The lowest BCUT2D eigenvalue weighted by atomic mass is 9.89. The molecule has 0 saturated carbocycles. The molecule has 2 aliphatic rings. The van der Waals surface area contributed by atoms with Crippen LogP contribution in [0.2, 0.25) is 0 Å². The number of piperidine rings is 1. The topological polar surface area (TPSA) is 70.5 Å². The maximum absolute atomic E-state index is 12.9. The molecule has 0 bridgehead atoms. The summed E-state index contributed by atoms with van der Waals surface area (Å²) in [4.78, 5) is 31.4. The van der Waals surface area contributed by atoms with Gasteiger partial charge in [-0.1, -0.05) is 36.4 Å². The summed E-state index contributed by atoms with van der Waals surface area (Å²) in [7, 11) is 0.